The van der Waals surface area contributed by atoms with E-state index >= 15 is 0 Å². The first-order valence-electron chi connectivity index (χ1n) is 5.64. The van der Waals surface area contributed by atoms with E-state index in [2.05, 4.69) is 40.7 Å². The smallest absolute Gasteiger partial charge is 0.0729 e. The van der Waals surface area contributed by atoms with Crippen molar-refractivity contribution in [2.75, 3.05) is 6.54 Å². The van der Waals surface area contributed by atoms with Crippen molar-refractivity contribution in [3.63, 3.8) is 0 Å². The minimum Gasteiger partial charge on any atom is -0.283 e. The Bertz CT molecular complexity index is 286. The molecule has 0 aromatic heterocycles. The summed E-state index contributed by atoms with van der Waals surface area (Å²) in [6, 6.07) is 10.6. The Labute approximate surface area is 91.2 Å². The zero-order chi connectivity index (χ0) is 10.5. The first kappa shape index (κ1) is 10.6. The van der Waals surface area contributed by atoms with Gasteiger partial charge < -0.3 is 0 Å². The lowest BCUT2D eigenvalue weighted by molar-refractivity contribution is 0.113. The molecule has 0 aliphatic carbocycles. The topological polar surface area (TPSA) is 41.3 Å². The standard InChI is InChI=1S/C12H19N3/c13-14-12-8-4-5-9-15(12)10-11-6-2-1-3-7-11/h1-3,6-7,12,14H,4-5,8-10,13H2. The third-order valence-corrected chi connectivity index (χ3v) is 3.03. The Kier molecular flexibility index (Phi) is 3.72. The van der Waals surface area contributed by atoms with Gasteiger partial charge >= 0.3 is 0 Å². The molecule has 82 valence electrons. The van der Waals surface area contributed by atoms with Gasteiger partial charge in [0.2, 0.25) is 0 Å². The molecule has 0 bridgehead atoms. The number of rotatable bonds is 3. The van der Waals surface area contributed by atoms with E-state index in [9.17, 15) is 0 Å². The molecule has 3 nitrogen and oxygen atoms in total. The van der Waals surface area contributed by atoms with Crippen LogP contribution in [0.15, 0.2) is 30.3 Å². The molecule has 1 aromatic rings. The van der Waals surface area contributed by atoms with Gasteiger partial charge in [-0.25, -0.2) is 5.43 Å². The Hall–Kier alpha value is -0.900. The van der Waals surface area contributed by atoms with Crippen LogP contribution in [0.5, 0.6) is 0 Å². The SMILES string of the molecule is NNC1CCCCN1Cc1ccccc1. The normalized spacial score (nSPS) is 22.9. The van der Waals surface area contributed by atoms with Crippen molar-refractivity contribution in [3.05, 3.63) is 35.9 Å². The Morgan fingerprint density at radius 3 is 2.80 bits per heavy atom. The molecule has 2 rings (SSSR count). The summed E-state index contributed by atoms with van der Waals surface area (Å²) >= 11 is 0. The van der Waals surface area contributed by atoms with Crippen molar-refractivity contribution >= 4 is 0 Å². The summed E-state index contributed by atoms with van der Waals surface area (Å²) in [5.41, 5.74) is 4.26. The fourth-order valence-corrected chi connectivity index (χ4v) is 2.19. The van der Waals surface area contributed by atoms with Gasteiger partial charge in [-0.3, -0.25) is 10.7 Å². The van der Waals surface area contributed by atoms with E-state index in [1.54, 1.807) is 0 Å². The molecule has 1 aliphatic heterocycles. The monoisotopic (exact) mass is 205 g/mol. The highest BCUT2D eigenvalue weighted by Gasteiger charge is 2.20. The van der Waals surface area contributed by atoms with E-state index in [1.165, 1.54) is 18.4 Å². The molecule has 15 heavy (non-hydrogen) atoms. The van der Waals surface area contributed by atoms with Crippen LogP contribution in [0.4, 0.5) is 0 Å². The first-order chi connectivity index (χ1) is 7.40. The number of hydrogen-bond donors (Lipinski definition) is 2. The Morgan fingerprint density at radius 1 is 1.27 bits per heavy atom. The first-order valence-corrected chi connectivity index (χ1v) is 5.64. The molecule has 1 fully saturated rings. The Balaban J connectivity index is 1.97. The van der Waals surface area contributed by atoms with Gasteiger partial charge in [-0.15, -0.1) is 0 Å². The summed E-state index contributed by atoms with van der Waals surface area (Å²) in [7, 11) is 0. The fourth-order valence-electron chi connectivity index (χ4n) is 2.19. The van der Waals surface area contributed by atoms with Crippen LogP contribution in [0.25, 0.3) is 0 Å². The molecule has 0 amide bonds. The minimum atomic E-state index is 0.346. The lowest BCUT2D eigenvalue weighted by Gasteiger charge is -2.35. The van der Waals surface area contributed by atoms with Gasteiger partial charge in [0.05, 0.1) is 6.17 Å². The van der Waals surface area contributed by atoms with Crippen molar-refractivity contribution in [3.8, 4) is 0 Å². The summed E-state index contributed by atoms with van der Waals surface area (Å²) in [6.45, 7) is 2.14. The zero-order valence-electron chi connectivity index (χ0n) is 9.02. The molecule has 3 heteroatoms. The molecule has 1 atom stereocenters. The van der Waals surface area contributed by atoms with E-state index in [4.69, 9.17) is 5.84 Å². The second-order valence-corrected chi connectivity index (χ2v) is 4.13. The molecular formula is C12H19N3. The summed E-state index contributed by atoms with van der Waals surface area (Å²) in [6.07, 6.45) is 4.06. The summed E-state index contributed by atoms with van der Waals surface area (Å²) < 4.78 is 0. The number of nitrogens with zero attached hydrogens (tertiary/aromatic N) is 1. The van der Waals surface area contributed by atoms with Crippen molar-refractivity contribution in [2.24, 2.45) is 5.84 Å². The van der Waals surface area contributed by atoms with Crippen LogP contribution in [-0.4, -0.2) is 17.6 Å². The summed E-state index contributed by atoms with van der Waals surface area (Å²) in [4.78, 5) is 2.42. The van der Waals surface area contributed by atoms with Crippen LogP contribution < -0.4 is 11.3 Å². The van der Waals surface area contributed by atoms with Crippen LogP contribution in [0.3, 0.4) is 0 Å². The van der Waals surface area contributed by atoms with Gasteiger partial charge in [0, 0.05) is 13.1 Å². The summed E-state index contributed by atoms with van der Waals surface area (Å²) in [5, 5.41) is 0. The number of nitrogens with one attached hydrogen (secondary N) is 1. The number of likely N-dealkylation sites (tertiary alicyclic amines) is 1. The predicted molar refractivity (Wildman–Crippen MR) is 61.8 cm³/mol. The molecule has 1 aromatic carbocycles. The fraction of sp³-hybridized carbons (Fsp3) is 0.500. The van der Waals surface area contributed by atoms with Crippen LogP contribution in [-0.2, 0) is 6.54 Å². The maximum atomic E-state index is 5.56. The predicted octanol–water partition coefficient (Wildman–Crippen LogP) is 1.46. The number of piperidine rings is 1. The molecular weight excluding hydrogens is 186 g/mol. The van der Waals surface area contributed by atoms with Gasteiger partial charge in [0.1, 0.15) is 0 Å². The maximum Gasteiger partial charge on any atom is 0.0729 e. The van der Waals surface area contributed by atoms with Crippen LogP contribution in [0.1, 0.15) is 24.8 Å². The highest BCUT2D eigenvalue weighted by Crippen LogP contribution is 2.17. The highest BCUT2D eigenvalue weighted by atomic mass is 15.4. The van der Waals surface area contributed by atoms with E-state index in [0.29, 0.717) is 6.17 Å². The largest absolute Gasteiger partial charge is 0.283 e. The van der Waals surface area contributed by atoms with Crippen LogP contribution in [0.2, 0.25) is 0 Å². The third kappa shape index (κ3) is 2.78. The van der Waals surface area contributed by atoms with Crippen molar-refractivity contribution in [2.45, 2.75) is 32.0 Å². The van der Waals surface area contributed by atoms with Crippen LogP contribution >= 0.6 is 0 Å². The van der Waals surface area contributed by atoms with E-state index < -0.39 is 0 Å². The van der Waals surface area contributed by atoms with Crippen LogP contribution in [0, 0.1) is 0 Å². The highest BCUT2D eigenvalue weighted by molar-refractivity contribution is 5.14. The molecule has 3 N–H and O–H groups in total. The van der Waals surface area contributed by atoms with E-state index in [0.717, 1.165) is 19.5 Å². The lowest BCUT2D eigenvalue weighted by Crippen LogP contribution is -2.50. The molecule has 1 aliphatic rings. The third-order valence-electron chi connectivity index (χ3n) is 3.03. The average Bonchev–Trinajstić information content (AvgIpc) is 2.31. The average molecular weight is 205 g/mol. The van der Waals surface area contributed by atoms with Gasteiger partial charge in [-0.2, -0.15) is 0 Å². The second kappa shape index (κ2) is 5.26. The second-order valence-electron chi connectivity index (χ2n) is 4.13. The van der Waals surface area contributed by atoms with Crippen molar-refractivity contribution < 1.29 is 0 Å². The minimum absolute atomic E-state index is 0.346. The number of hydrogen-bond acceptors (Lipinski definition) is 3. The van der Waals surface area contributed by atoms with Gasteiger partial charge in [0.15, 0.2) is 0 Å². The molecule has 1 unspecified atom stereocenters. The zero-order valence-corrected chi connectivity index (χ0v) is 9.02. The van der Waals surface area contributed by atoms with Gasteiger partial charge in [0.25, 0.3) is 0 Å². The van der Waals surface area contributed by atoms with E-state index in [-0.39, 0.29) is 0 Å². The van der Waals surface area contributed by atoms with Gasteiger partial charge in [-0.05, 0) is 24.8 Å². The molecule has 0 spiro atoms. The van der Waals surface area contributed by atoms with Crippen molar-refractivity contribution in [1.29, 1.82) is 0 Å². The number of hydrazine groups is 1. The quantitative estimate of drug-likeness (QED) is 0.580. The number of benzene rings is 1. The molecule has 0 saturated carbocycles. The molecule has 1 heterocycles. The lowest BCUT2D eigenvalue weighted by atomic mass is 10.1. The van der Waals surface area contributed by atoms with E-state index in [1.807, 2.05) is 0 Å². The van der Waals surface area contributed by atoms with Gasteiger partial charge in [-0.1, -0.05) is 30.3 Å². The van der Waals surface area contributed by atoms with Crippen molar-refractivity contribution in [1.82, 2.24) is 10.3 Å². The molecule has 0 radical (unpaired) electrons. The summed E-state index contributed by atoms with van der Waals surface area (Å²) in [5.74, 6) is 5.56. The maximum absolute atomic E-state index is 5.56. The molecule has 1 saturated heterocycles. The number of nitrogens with two attached hydrogens (primary N) is 1. The Morgan fingerprint density at radius 2 is 2.07 bits per heavy atom.